The molecule has 122 valence electrons. The summed E-state index contributed by atoms with van der Waals surface area (Å²) in [6.45, 7) is 0.199. The number of nitrogens with one attached hydrogen (secondary N) is 1. The second kappa shape index (κ2) is 6.24. The lowest BCUT2D eigenvalue weighted by atomic mass is 9.82. The first-order chi connectivity index (χ1) is 10.2. The van der Waals surface area contributed by atoms with Crippen LogP contribution in [0.3, 0.4) is 0 Å². The molecule has 0 aromatic heterocycles. The largest absolute Gasteiger partial charge is 0.419 e. The first kappa shape index (κ1) is 16.7. The third kappa shape index (κ3) is 3.97. The molecule has 1 aromatic rings. The molecule has 1 aliphatic rings. The van der Waals surface area contributed by atoms with E-state index < -0.39 is 29.0 Å². The monoisotopic (exact) mass is 318 g/mol. The third-order valence-electron chi connectivity index (χ3n) is 3.98. The summed E-state index contributed by atoms with van der Waals surface area (Å²) in [5, 5.41) is 2.55. The highest BCUT2D eigenvalue weighted by atomic mass is 19.4. The predicted octanol–water partition coefficient (Wildman–Crippen LogP) is 3.24. The Morgan fingerprint density at radius 1 is 1.23 bits per heavy atom. The van der Waals surface area contributed by atoms with Crippen LogP contribution in [-0.4, -0.2) is 18.0 Å². The number of benzene rings is 1. The highest BCUT2D eigenvalue weighted by molar-refractivity contribution is 5.94. The normalized spacial score (nSPS) is 18.0. The summed E-state index contributed by atoms with van der Waals surface area (Å²) in [6.07, 6.45) is -0.254. The predicted molar refractivity (Wildman–Crippen MR) is 73.7 cm³/mol. The van der Waals surface area contributed by atoms with E-state index in [4.69, 9.17) is 5.73 Å². The van der Waals surface area contributed by atoms with Crippen LogP contribution in [0.15, 0.2) is 18.2 Å². The minimum absolute atomic E-state index is 0.199. The van der Waals surface area contributed by atoms with Crippen LogP contribution >= 0.6 is 0 Å². The molecule has 3 nitrogen and oxygen atoms in total. The van der Waals surface area contributed by atoms with Crippen LogP contribution in [-0.2, 0) is 6.18 Å². The van der Waals surface area contributed by atoms with Crippen molar-refractivity contribution < 1.29 is 22.4 Å². The van der Waals surface area contributed by atoms with Gasteiger partial charge in [-0.3, -0.25) is 4.79 Å². The Balaban J connectivity index is 2.07. The van der Waals surface area contributed by atoms with Gasteiger partial charge in [0, 0.05) is 17.6 Å². The standard InChI is InChI=1S/C15H18F4N2O/c16-12-5-4-10(8-11(12)15(17,18)19)13(22)21-9-14(20)6-2-1-3-7-14/h4-5,8H,1-3,6-7,9,20H2,(H,21,22). The second-order valence-electron chi connectivity index (χ2n) is 5.80. The number of carbonyl (C=O) groups excluding carboxylic acids is 1. The molecule has 0 spiro atoms. The zero-order valence-electron chi connectivity index (χ0n) is 12.0. The fraction of sp³-hybridized carbons (Fsp3) is 0.533. The minimum Gasteiger partial charge on any atom is -0.350 e. The quantitative estimate of drug-likeness (QED) is 0.841. The maximum Gasteiger partial charge on any atom is 0.419 e. The van der Waals surface area contributed by atoms with E-state index in [-0.39, 0.29) is 12.1 Å². The van der Waals surface area contributed by atoms with E-state index in [0.717, 1.165) is 38.2 Å². The van der Waals surface area contributed by atoms with Crippen molar-refractivity contribution in [2.24, 2.45) is 5.73 Å². The van der Waals surface area contributed by atoms with Crippen molar-refractivity contribution >= 4 is 5.91 Å². The molecule has 7 heteroatoms. The Bertz CT molecular complexity index is 551. The molecule has 0 radical (unpaired) electrons. The maximum absolute atomic E-state index is 13.2. The van der Waals surface area contributed by atoms with Gasteiger partial charge in [0.2, 0.25) is 0 Å². The average Bonchev–Trinajstić information content (AvgIpc) is 2.45. The van der Waals surface area contributed by atoms with Crippen LogP contribution in [0.2, 0.25) is 0 Å². The summed E-state index contributed by atoms with van der Waals surface area (Å²) in [5.74, 6) is -2.08. The molecular weight excluding hydrogens is 300 g/mol. The number of nitrogens with two attached hydrogens (primary N) is 1. The molecule has 1 aromatic carbocycles. The molecule has 0 unspecified atom stereocenters. The van der Waals surface area contributed by atoms with Gasteiger partial charge in [0.25, 0.3) is 5.91 Å². The zero-order chi connectivity index (χ0) is 16.4. The maximum atomic E-state index is 13.2. The Hall–Kier alpha value is -1.63. The first-order valence-corrected chi connectivity index (χ1v) is 7.15. The number of hydrogen-bond acceptors (Lipinski definition) is 2. The van der Waals surface area contributed by atoms with Gasteiger partial charge in [0.15, 0.2) is 0 Å². The van der Waals surface area contributed by atoms with E-state index in [9.17, 15) is 22.4 Å². The van der Waals surface area contributed by atoms with Gasteiger partial charge in [-0.05, 0) is 31.0 Å². The van der Waals surface area contributed by atoms with Crippen molar-refractivity contribution in [2.45, 2.75) is 43.8 Å². The summed E-state index contributed by atoms with van der Waals surface area (Å²) >= 11 is 0. The highest BCUT2D eigenvalue weighted by Gasteiger charge is 2.35. The lowest BCUT2D eigenvalue weighted by Crippen LogP contribution is -2.51. The zero-order valence-corrected chi connectivity index (χ0v) is 12.0. The van der Waals surface area contributed by atoms with Gasteiger partial charge in [0.1, 0.15) is 5.82 Å². The Labute approximate surface area is 125 Å². The Morgan fingerprint density at radius 3 is 2.45 bits per heavy atom. The molecule has 1 amide bonds. The molecule has 1 fully saturated rings. The van der Waals surface area contributed by atoms with Crippen molar-refractivity contribution in [3.8, 4) is 0 Å². The van der Waals surface area contributed by atoms with Crippen molar-refractivity contribution in [3.05, 3.63) is 35.1 Å². The number of hydrogen-bond donors (Lipinski definition) is 2. The lowest BCUT2D eigenvalue weighted by molar-refractivity contribution is -0.140. The number of alkyl halides is 3. The van der Waals surface area contributed by atoms with Crippen LogP contribution in [0.25, 0.3) is 0 Å². The molecule has 1 aliphatic carbocycles. The fourth-order valence-corrected chi connectivity index (χ4v) is 2.67. The van der Waals surface area contributed by atoms with E-state index in [1.165, 1.54) is 0 Å². The molecule has 1 saturated carbocycles. The summed E-state index contributed by atoms with van der Waals surface area (Å²) in [5.41, 5.74) is 3.97. The second-order valence-corrected chi connectivity index (χ2v) is 5.80. The van der Waals surface area contributed by atoms with Gasteiger partial charge in [0.05, 0.1) is 5.56 Å². The van der Waals surface area contributed by atoms with E-state index in [0.29, 0.717) is 12.1 Å². The molecule has 0 bridgehead atoms. The van der Waals surface area contributed by atoms with Gasteiger partial charge in [-0.2, -0.15) is 13.2 Å². The van der Waals surface area contributed by atoms with Crippen LogP contribution in [0.1, 0.15) is 48.0 Å². The van der Waals surface area contributed by atoms with E-state index >= 15 is 0 Å². The molecule has 0 heterocycles. The molecular formula is C15H18F4N2O. The number of amides is 1. The first-order valence-electron chi connectivity index (χ1n) is 7.15. The topological polar surface area (TPSA) is 55.1 Å². The van der Waals surface area contributed by atoms with Gasteiger partial charge >= 0.3 is 6.18 Å². The fourth-order valence-electron chi connectivity index (χ4n) is 2.67. The average molecular weight is 318 g/mol. The van der Waals surface area contributed by atoms with Crippen LogP contribution in [0.4, 0.5) is 17.6 Å². The Morgan fingerprint density at radius 2 is 1.86 bits per heavy atom. The van der Waals surface area contributed by atoms with Crippen molar-refractivity contribution in [1.29, 1.82) is 0 Å². The molecule has 0 atom stereocenters. The van der Waals surface area contributed by atoms with Crippen LogP contribution in [0.5, 0.6) is 0 Å². The van der Waals surface area contributed by atoms with Gasteiger partial charge in [-0.25, -0.2) is 4.39 Å². The number of rotatable bonds is 3. The molecule has 3 N–H and O–H groups in total. The van der Waals surface area contributed by atoms with Gasteiger partial charge in [-0.1, -0.05) is 19.3 Å². The summed E-state index contributed by atoms with van der Waals surface area (Å²) in [6, 6.07) is 2.20. The smallest absolute Gasteiger partial charge is 0.350 e. The van der Waals surface area contributed by atoms with E-state index in [2.05, 4.69) is 5.32 Å². The summed E-state index contributed by atoms with van der Waals surface area (Å²) < 4.78 is 51.1. The lowest BCUT2D eigenvalue weighted by Gasteiger charge is -2.33. The molecule has 22 heavy (non-hydrogen) atoms. The van der Waals surface area contributed by atoms with E-state index in [1.807, 2.05) is 0 Å². The van der Waals surface area contributed by atoms with Gasteiger partial charge < -0.3 is 11.1 Å². The van der Waals surface area contributed by atoms with Gasteiger partial charge in [-0.15, -0.1) is 0 Å². The minimum atomic E-state index is -4.83. The highest BCUT2D eigenvalue weighted by Crippen LogP contribution is 2.32. The van der Waals surface area contributed by atoms with E-state index in [1.54, 1.807) is 0 Å². The summed E-state index contributed by atoms with van der Waals surface area (Å²) in [4.78, 5) is 12.0. The molecule has 0 saturated heterocycles. The Kier molecular flexibility index (Phi) is 4.75. The van der Waals surface area contributed by atoms with Crippen molar-refractivity contribution in [1.82, 2.24) is 5.32 Å². The van der Waals surface area contributed by atoms with Crippen LogP contribution in [0, 0.1) is 5.82 Å². The van der Waals surface area contributed by atoms with Crippen molar-refractivity contribution in [2.75, 3.05) is 6.54 Å². The number of carbonyl (C=O) groups is 1. The third-order valence-corrected chi connectivity index (χ3v) is 3.98. The summed E-state index contributed by atoms with van der Waals surface area (Å²) in [7, 11) is 0. The molecule has 2 rings (SSSR count). The van der Waals surface area contributed by atoms with Crippen LogP contribution < -0.4 is 11.1 Å². The molecule has 0 aliphatic heterocycles. The number of halogens is 4. The van der Waals surface area contributed by atoms with Crippen molar-refractivity contribution in [3.63, 3.8) is 0 Å². The SMILES string of the molecule is NC1(CNC(=O)c2ccc(F)c(C(F)(F)F)c2)CCCCC1.